The molecule has 0 N–H and O–H groups in total. The maximum Gasteiger partial charge on any atom is 2.00 e. The summed E-state index contributed by atoms with van der Waals surface area (Å²) < 4.78 is 0. The molecule has 0 bridgehead atoms. The maximum absolute atomic E-state index is 6.25. The first-order valence-corrected chi connectivity index (χ1v) is 1.34. The van der Waals surface area contributed by atoms with Crippen molar-refractivity contribution in [3.8, 4) is 0 Å². The summed E-state index contributed by atoms with van der Waals surface area (Å²) in [5.74, 6) is 0. The van der Waals surface area contributed by atoms with Crippen LogP contribution < -0.4 is 51.4 Å². The minimum absolute atomic E-state index is 0. The van der Waals surface area contributed by atoms with Crippen molar-refractivity contribution in [1.82, 2.24) is 0 Å². The number of hydrogen-bond acceptors (Lipinski definition) is 6. The average Bonchev–Trinajstić information content (AvgIpc) is 2.33. The molecule has 15 heavy (non-hydrogen) atoms. The Bertz CT molecular complexity index is 103. The summed E-state index contributed by atoms with van der Waals surface area (Å²) in [6.07, 6.45) is 0. The van der Waals surface area contributed by atoms with E-state index in [4.69, 9.17) is 71.0 Å². The van der Waals surface area contributed by atoms with E-state index in [-0.39, 0.29) is 91.5 Å². The van der Waals surface area contributed by atoms with Crippen molar-refractivity contribution in [2.24, 2.45) is 0 Å². The Morgan fingerprint density at radius 3 is 0.400 bits per heavy atom. The van der Waals surface area contributed by atoms with Gasteiger partial charge < -0.3 is 71.0 Å². The van der Waals surface area contributed by atoms with Crippen LogP contribution in [0.5, 0.6) is 0 Å². The number of nitrogens with zero attached hydrogens (tertiary/aromatic N) is 6. The van der Waals surface area contributed by atoms with Gasteiger partial charge in [-0.25, -0.2) is 0 Å². The molecular formula is C6FeKMgN6-. The minimum Gasteiger partial charge on any atom is -0.512 e. The normalized spacial score (nSPS) is 0.800. The Morgan fingerprint density at radius 1 is 0.400 bits per heavy atom. The number of hydrogen-bond donors (Lipinski definition) is 0. The zero-order valence-corrected chi connectivity index (χ0v) is 13.4. The predicted octanol–water partition coefficient (Wildman–Crippen LogP) is -2.80. The van der Waals surface area contributed by atoms with E-state index in [9.17, 15) is 0 Å². The minimum atomic E-state index is 0. The third-order valence-corrected chi connectivity index (χ3v) is 0. The maximum atomic E-state index is 6.25. The van der Waals surface area contributed by atoms with Crippen molar-refractivity contribution >= 4 is 23.1 Å². The Hall–Kier alpha value is -0.138. The first kappa shape index (κ1) is 83.1. The van der Waals surface area contributed by atoms with Crippen molar-refractivity contribution in [2.75, 3.05) is 0 Å². The Kier molecular flexibility index (Phi) is 668000. The van der Waals surface area contributed by atoms with Crippen molar-refractivity contribution < 1.29 is 68.5 Å². The standard InChI is InChI=1S/6CN.Fe.K.Mg/c6*1-2;;;/q6*-1;+2;+1;+2. The van der Waals surface area contributed by atoms with Crippen molar-refractivity contribution in [1.29, 1.82) is 31.6 Å². The molecule has 0 aliphatic heterocycles. The van der Waals surface area contributed by atoms with Gasteiger partial charge in [0.05, 0.1) is 0 Å². The molecule has 6 nitrogen and oxygen atoms in total. The molecule has 0 unspecified atom stereocenters. The van der Waals surface area contributed by atoms with E-state index >= 15 is 0 Å². The Morgan fingerprint density at radius 2 is 0.400 bits per heavy atom. The summed E-state index contributed by atoms with van der Waals surface area (Å²) in [5.41, 5.74) is 0. The van der Waals surface area contributed by atoms with Crippen LogP contribution >= 0.6 is 0 Å². The fraction of sp³-hybridized carbons (Fsp3) is 0. The SMILES string of the molecule is [C-]#N.[C-]#N.[C-]#N.[C-]#N.[C-]#N.[C-]#N.[Fe+2].[K+].[Mg+2]. The van der Waals surface area contributed by atoms with Gasteiger partial charge in [0.1, 0.15) is 0 Å². The van der Waals surface area contributed by atoms with Gasteiger partial charge in [-0.05, 0) is 0 Å². The van der Waals surface area contributed by atoms with E-state index in [1.54, 1.807) is 0 Å². The second-order valence-corrected chi connectivity index (χ2v) is 0. The molecule has 0 aliphatic carbocycles. The first-order valence-electron chi connectivity index (χ1n) is 1.34. The topological polar surface area (TPSA) is 143 Å². The molecule has 0 aromatic carbocycles. The number of rotatable bonds is 0. The van der Waals surface area contributed by atoms with Gasteiger partial charge in [0.15, 0.2) is 0 Å². The summed E-state index contributed by atoms with van der Waals surface area (Å²) in [7, 11) is 0. The third-order valence-electron chi connectivity index (χ3n) is 0. The third kappa shape index (κ3) is 103000. The fourth-order valence-corrected chi connectivity index (χ4v) is 0. The van der Waals surface area contributed by atoms with Crippen LogP contribution in [0.15, 0.2) is 0 Å². The van der Waals surface area contributed by atoms with Crippen LogP contribution in [-0.2, 0) is 17.1 Å². The van der Waals surface area contributed by atoms with Crippen LogP contribution in [0, 0.1) is 71.0 Å². The fourth-order valence-electron chi connectivity index (χ4n) is 0. The molecule has 0 saturated heterocycles. The van der Waals surface area contributed by atoms with Crippen LogP contribution in [-0.4, -0.2) is 23.1 Å². The van der Waals surface area contributed by atoms with E-state index in [1.165, 1.54) is 0 Å². The van der Waals surface area contributed by atoms with E-state index in [1.807, 2.05) is 0 Å². The van der Waals surface area contributed by atoms with Gasteiger partial charge in [0.25, 0.3) is 0 Å². The van der Waals surface area contributed by atoms with Crippen LogP contribution in [0.25, 0.3) is 0 Å². The van der Waals surface area contributed by atoms with Crippen LogP contribution in [0.3, 0.4) is 0 Å². The van der Waals surface area contributed by atoms with Crippen LogP contribution in [0.1, 0.15) is 0 Å². The Balaban J connectivity index is -0.00000000396. The van der Waals surface area contributed by atoms with Crippen molar-refractivity contribution in [3.05, 3.63) is 39.4 Å². The summed E-state index contributed by atoms with van der Waals surface area (Å²) >= 11 is 0. The van der Waals surface area contributed by atoms with Gasteiger partial charge in [-0.15, -0.1) is 0 Å². The second-order valence-electron chi connectivity index (χ2n) is 0. The molecule has 0 aromatic rings. The molecule has 0 atom stereocenters. The molecule has 0 radical (unpaired) electrons. The molecule has 0 aromatic heterocycles. The van der Waals surface area contributed by atoms with E-state index < -0.39 is 0 Å². The molecule has 0 heterocycles. The zero-order chi connectivity index (χ0) is 12.0. The largest absolute Gasteiger partial charge is 2.00 e. The molecule has 0 fully saturated rings. The molecule has 0 amide bonds. The summed E-state index contributed by atoms with van der Waals surface area (Å²) in [6, 6.07) is 0. The van der Waals surface area contributed by atoms with Gasteiger partial charge in [-0.3, -0.25) is 0 Å². The molecule has 0 rings (SSSR count). The summed E-state index contributed by atoms with van der Waals surface area (Å²) in [5, 5.41) is 37.5. The van der Waals surface area contributed by atoms with Gasteiger partial charge in [0, 0.05) is 0 Å². The van der Waals surface area contributed by atoms with Gasteiger partial charge in [0.2, 0.25) is 0 Å². The van der Waals surface area contributed by atoms with E-state index in [0.717, 1.165) is 0 Å². The molecule has 66 valence electrons. The van der Waals surface area contributed by atoms with Crippen molar-refractivity contribution in [3.63, 3.8) is 0 Å². The van der Waals surface area contributed by atoms with E-state index in [0.29, 0.717) is 0 Å². The smallest absolute Gasteiger partial charge is 0.512 e. The average molecular weight is 275 g/mol. The van der Waals surface area contributed by atoms with Gasteiger partial charge >= 0.3 is 91.5 Å². The Labute approximate surface area is 160 Å². The molecule has 0 spiro atoms. The monoisotopic (exact) mass is 275 g/mol. The molecule has 0 aliphatic rings. The zero-order valence-electron chi connectivity index (χ0n) is 7.74. The quantitative estimate of drug-likeness (QED) is 0.345. The summed E-state index contributed by atoms with van der Waals surface area (Å²) in [6.45, 7) is 28.5. The first-order chi connectivity index (χ1) is 6.00. The van der Waals surface area contributed by atoms with Crippen LogP contribution in [0.4, 0.5) is 0 Å². The second kappa shape index (κ2) is 121000. The van der Waals surface area contributed by atoms with Gasteiger partial charge in [-0.2, -0.15) is 0 Å². The predicted molar refractivity (Wildman–Crippen MR) is 35.6 cm³/mol. The van der Waals surface area contributed by atoms with Crippen molar-refractivity contribution in [2.45, 2.75) is 0 Å². The molecule has 9 heteroatoms. The van der Waals surface area contributed by atoms with Crippen LogP contribution in [0.2, 0.25) is 0 Å². The van der Waals surface area contributed by atoms with Gasteiger partial charge in [-0.1, -0.05) is 0 Å². The molecular weight excluding hydrogens is 275 g/mol. The summed E-state index contributed by atoms with van der Waals surface area (Å²) in [4.78, 5) is 0. The molecule has 0 saturated carbocycles. The van der Waals surface area contributed by atoms with E-state index in [2.05, 4.69) is 0 Å².